The lowest BCUT2D eigenvalue weighted by molar-refractivity contribution is -0.130. The molecule has 2 atom stereocenters. The minimum absolute atomic E-state index is 0.144. The van der Waals surface area contributed by atoms with Crippen molar-refractivity contribution in [3.05, 3.63) is 89.8 Å². The van der Waals surface area contributed by atoms with Gasteiger partial charge in [0.05, 0.1) is 43.9 Å². The molecule has 0 bridgehead atoms. The molecule has 0 radical (unpaired) electrons. The van der Waals surface area contributed by atoms with Gasteiger partial charge < -0.3 is 9.64 Å². The van der Waals surface area contributed by atoms with Gasteiger partial charge in [-0.05, 0) is 49.2 Å². The smallest absolute Gasteiger partial charge is 0.264 e. The van der Waals surface area contributed by atoms with Crippen LogP contribution in [0.5, 0.6) is 5.75 Å². The van der Waals surface area contributed by atoms with Crippen LogP contribution in [0.1, 0.15) is 44.8 Å². The van der Waals surface area contributed by atoms with Crippen LogP contribution in [-0.4, -0.2) is 35.3 Å². The van der Waals surface area contributed by atoms with Gasteiger partial charge in [0.25, 0.3) is 17.7 Å². The van der Waals surface area contributed by atoms with Gasteiger partial charge in [0.2, 0.25) is 0 Å². The number of nitrogens with zero attached hydrogens (tertiary/aromatic N) is 2. The van der Waals surface area contributed by atoms with Crippen molar-refractivity contribution < 1.29 is 19.1 Å². The van der Waals surface area contributed by atoms with Crippen LogP contribution in [0.25, 0.3) is 0 Å². The summed E-state index contributed by atoms with van der Waals surface area (Å²) in [6, 6.07) is 10.4. The molecular formula is C26H17Cl5N2O4. The molecule has 0 aromatic heterocycles. The number of fused-ring (bicyclic) bond motifs is 1. The van der Waals surface area contributed by atoms with Crippen LogP contribution < -0.4 is 9.64 Å². The number of rotatable bonds is 5. The molecule has 0 N–H and O–H groups in total. The van der Waals surface area contributed by atoms with Gasteiger partial charge in [0.15, 0.2) is 0 Å². The Morgan fingerprint density at radius 2 is 1.32 bits per heavy atom. The highest BCUT2D eigenvalue weighted by atomic mass is 35.5. The summed E-state index contributed by atoms with van der Waals surface area (Å²) >= 11 is 31.3. The first-order valence-electron chi connectivity index (χ1n) is 11.1. The molecule has 11 heteroatoms. The Labute approximate surface area is 237 Å². The van der Waals surface area contributed by atoms with Crippen molar-refractivity contribution in [2.45, 2.75) is 25.9 Å². The Hall–Kier alpha value is -2.48. The number of benzene rings is 3. The van der Waals surface area contributed by atoms with Gasteiger partial charge in [0, 0.05) is 10.7 Å². The fourth-order valence-electron chi connectivity index (χ4n) is 4.73. The largest absolute Gasteiger partial charge is 0.494 e. The van der Waals surface area contributed by atoms with Crippen molar-refractivity contribution in [3.8, 4) is 5.75 Å². The third kappa shape index (κ3) is 3.89. The molecular weight excluding hydrogens is 582 g/mol. The van der Waals surface area contributed by atoms with Gasteiger partial charge in [-0.2, -0.15) is 0 Å². The highest BCUT2D eigenvalue weighted by Gasteiger charge is 2.58. The van der Waals surface area contributed by atoms with Crippen LogP contribution in [0.3, 0.4) is 0 Å². The zero-order valence-electron chi connectivity index (χ0n) is 19.3. The molecule has 2 heterocycles. The van der Waals surface area contributed by atoms with E-state index >= 15 is 0 Å². The molecule has 0 aliphatic carbocycles. The third-order valence-electron chi connectivity index (χ3n) is 6.51. The summed E-state index contributed by atoms with van der Waals surface area (Å²) in [4.78, 5) is 43.2. The minimum Gasteiger partial charge on any atom is -0.494 e. The molecule has 1 fully saturated rings. The Morgan fingerprint density at radius 1 is 0.757 bits per heavy atom. The molecule has 2 aliphatic rings. The first-order chi connectivity index (χ1) is 17.6. The molecule has 3 aromatic rings. The zero-order valence-corrected chi connectivity index (χ0v) is 23.1. The summed E-state index contributed by atoms with van der Waals surface area (Å²) in [5, 5.41) is -0.205. The second kappa shape index (κ2) is 9.68. The Kier molecular flexibility index (Phi) is 6.84. The average Bonchev–Trinajstić information content (AvgIpc) is 3.13. The van der Waals surface area contributed by atoms with Crippen molar-refractivity contribution in [2.24, 2.45) is 0 Å². The van der Waals surface area contributed by atoms with Crippen LogP contribution >= 0.6 is 58.0 Å². The molecule has 3 aromatic carbocycles. The minimum atomic E-state index is -1.17. The number of hydrogen-bond donors (Lipinski definition) is 0. The molecule has 1 saturated heterocycles. The zero-order chi connectivity index (χ0) is 26.8. The maximum atomic E-state index is 13.7. The molecule has 190 valence electrons. The second-order valence-electron chi connectivity index (χ2n) is 8.47. The predicted molar refractivity (Wildman–Crippen MR) is 145 cm³/mol. The molecule has 37 heavy (non-hydrogen) atoms. The van der Waals surface area contributed by atoms with E-state index in [4.69, 9.17) is 62.7 Å². The molecule has 0 saturated carbocycles. The number of halogens is 5. The lowest BCUT2D eigenvalue weighted by Gasteiger charge is -2.50. The fourth-order valence-corrected chi connectivity index (χ4v) is 5.91. The Balaban J connectivity index is 1.63. The van der Waals surface area contributed by atoms with Crippen LogP contribution in [0, 0.1) is 6.92 Å². The molecule has 0 unspecified atom stereocenters. The molecule has 6 nitrogen and oxygen atoms in total. The van der Waals surface area contributed by atoms with Crippen molar-refractivity contribution in [2.75, 3.05) is 11.5 Å². The Bertz CT molecular complexity index is 1440. The van der Waals surface area contributed by atoms with E-state index in [0.717, 1.165) is 4.90 Å². The number of β-lactam (4-membered cyclic amide) rings is 1. The van der Waals surface area contributed by atoms with Crippen LogP contribution in [-0.2, 0) is 4.79 Å². The van der Waals surface area contributed by atoms with Gasteiger partial charge in [-0.25, -0.2) is 0 Å². The SMILES string of the molecule is CCOc1ccc([C@H]2[C@@H](N3C(=O)c4c(Cl)c(Cl)c(Cl)c(Cl)c4C3=O)C(=O)N2c2cccc(Cl)c2C)cc1. The second-order valence-corrected chi connectivity index (χ2v) is 10.4. The lowest BCUT2D eigenvalue weighted by atomic mass is 9.85. The number of anilines is 1. The van der Waals surface area contributed by atoms with Crippen LogP contribution in [0.2, 0.25) is 25.1 Å². The monoisotopic (exact) mass is 596 g/mol. The third-order valence-corrected chi connectivity index (χ3v) is 8.72. The number of hydrogen-bond acceptors (Lipinski definition) is 4. The fraction of sp³-hybridized carbons (Fsp3) is 0.192. The van der Waals surface area contributed by atoms with Crippen molar-refractivity contribution in [1.29, 1.82) is 0 Å². The normalized spacial score (nSPS) is 18.8. The van der Waals surface area contributed by atoms with E-state index in [1.807, 2.05) is 6.92 Å². The summed E-state index contributed by atoms with van der Waals surface area (Å²) < 4.78 is 5.54. The van der Waals surface area contributed by atoms with E-state index in [9.17, 15) is 14.4 Å². The van der Waals surface area contributed by atoms with E-state index in [1.165, 1.54) is 4.90 Å². The quantitative estimate of drug-likeness (QED) is 0.133. The maximum absolute atomic E-state index is 13.7. The summed E-state index contributed by atoms with van der Waals surface area (Å²) in [5.41, 5.74) is 1.56. The first-order valence-corrected chi connectivity index (χ1v) is 13.0. The molecule has 5 rings (SSSR count). The van der Waals surface area contributed by atoms with Gasteiger partial charge in [-0.1, -0.05) is 76.2 Å². The van der Waals surface area contributed by atoms with E-state index in [-0.39, 0.29) is 31.2 Å². The molecule has 2 aliphatic heterocycles. The maximum Gasteiger partial charge on any atom is 0.264 e. The van der Waals surface area contributed by atoms with Gasteiger partial charge >= 0.3 is 0 Å². The summed E-state index contributed by atoms with van der Waals surface area (Å²) in [7, 11) is 0. The van der Waals surface area contributed by atoms with E-state index in [0.29, 0.717) is 34.2 Å². The number of ether oxygens (including phenoxy) is 1. The van der Waals surface area contributed by atoms with Crippen molar-refractivity contribution in [1.82, 2.24) is 4.90 Å². The van der Waals surface area contributed by atoms with Gasteiger partial charge in [0.1, 0.15) is 11.8 Å². The van der Waals surface area contributed by atoms with Gasteiger partial charge in [-0.15, -0.1) is 0 Å². The topological polar surface area (TPSA) is 66.9 Å². The number of imide groups is 1. The average molecular weight is 599 g/mol. The highest BCUT2D eigenvalue weighted by Crippen LogP contribution is 2.50. The number of carbonyl (C=O) groups is 3. The van der Waals surface area contributed by atoms with Crippen molar-refractivity contribution in [3.63, 3.8) is 0 Å². The first kappa shape index (κ1) is 26.1. The molecule has 3 amide bonds. The summed E-state index contributed by atoms with van der Waals surface area (Å²) in [6.45, 7) is 4.15. The van der Waals surface area contributed by atoms with Crippen LogP contribution in [0.15, 0.2) is 42.5 Å². The lowest BCUT2D eigenvalue weighted by Crippen LogP contribution is -2.67. The van der Waals surface area contributed by atoms with Crippen LogP contribution in [0.4, 0.5) is 5.69 Å². The van der Waals surface area contributed by atoms with Gasteiger partial charge in [-0.3, -0.25) is 19.3 Å². The van der Waals surface area contributed by atoms with E-state index in [2.05, 4.69) is 0 Å². The van der Waals surface area contributed by atoms with E-state index in [1.54, 1.807) is 49.4 Å². The predicted octanol–water partition coefficient (Wildman–Crippen LogP) is 7.41. The summed E-state index contributed by atoms with van der Waals surface area (Å²) in [6.07, 6.45) is 0. The molecule has 0 spiro atoms. The van der Waals surface area contributed by atoms with Crippen molar-refractivity contribution >= 4 is 81.4 Å². The Morgan fingerprint density at radius 3 is 1.86 bits per heavy atom. The number of amides is 3. The highest BCUT2D eigenvalue weighted by molar-refractivity contribution is 6.55. The van der Waals surface area contributed by atoms with E-state index < -0.39 is 29.8 Å². The number of carbonyl (C=O) groups excluding carboxylic acids is 3. The standard InChI is InChI=1S/C26H17Cl5N2O4/c1-3-37-13-9-7-12(8-10-13)22-23(26(36)32(22)15-6-4-5-14(27)11(15)2)33-24(34)16-17(25(33)35)19(29)21(31)20(30)18(16)28/h4-10,22-23H,3H2,1-2H3/t22-,23+/m0/s1. The summed E-state index contributed by atoms with van der Waals surface area (Å²) in [5.74, 6) is -1.38.